The number of ketones is 1. The van der Waals surface area contributed by atoms with Crippen molar-refractivity contribution in [1.29, 1.82) is 0 Å². The Morgan fingerprint density at radius 3 is 2.12 bits per heavy atom. The summed E-state index contributed by atoms with van der Waals surface area (Å²) in [7, 11) is 0. The topological polar surface area (TPSA) is 63.6 Å². The smallest absolute Gasteiger partial charge is 0.345 e. The summed E-state index contributed by atoms with van der Waals surface area (Å²) in [6.45, 7) is 2.00. The molecule has 1 fully saturated rings. The molecule has 1 aliphatic rings. The number of allylic oxidation sites excluding steroid dienone is 3. The van der Waals surface area contributed by atoms with Crippen molar-refractivity contribution in [2.45, 2.75) is 84.0 Å². The molecule has 0 aromatic carbocycles. The zero-order chi connectivity index (χ0) is 17.6. The number of aliphatic hydroxyl groups is 1. The largest absolute Gasteiger partial charge is 0.511 e. The number of unbranched alkanes of at least 4 members (excludes halogenated alkanes) is 9. The number of hydrogen-bond donors (Lipinski definition) is 1. The van der Waals surface area contributed by atoms with E-state index in [0.717, 1.165) is 25.7 Å². The molecular weight excluding hydrogens is 304 g/mol. The highest BCUT2D eigenvalue weighted by Gasteiger charge is 2.31. The van der Waals surface area contributed by atoms with E-state index in [9.17, 15) is 14.7 Å². The lowest BCUT2D eigenvalue weighted by Crippen LogP contribution is -2.05. The van der Waals surface area contributed by atoms with Crippen LogP contribution in [0.2, 0.25) is 0 Å². The highest BCUT2D eigenvalue weighted by Crippen LogP contribution is 2.18. The van der Waals surface area contributed by atoms with Gasteiger partial charge < -0.3 is 9.84 Å². The standard InChI is InChI=1S/C20H32O4/c1-2-3-4-5-6-7-8-9-10-11-12-13-14-15-17(21)19-18(22)16-24-20(19)23/h7-8,21H,2-6,9-16H2,1H3/b8-7-,19-17?. The Morgan fingerprint density at radius 2 is 1.54 bits per heavy atom. The number of esters is 1. The molecule has 0 saturated carbocycles. The van der Waals surface area contributed by atoms with E-state index in [-0.39, 0.29) is 17.9 Å². The highest BCUT2D eigenvalue weighted by molar-refractivity contribution is 6.22. The molecule has 0 aromatic rings. The van der Waals surface area contributed by atoms with Crippen molar-refractivity contribution >= 4 is 11.8 Å². The average Bonchev–Trinajstić information content (AvgIpc) is 2.90. The molecule has 1 N–H and O–H groups in total. The number of carbonyl (C=O) groups is 2. The van der Waals surface area contributed by atoms with Crippen LogP contribution in [0.1, 0.15) is 84.0 Å². The minimum Gasteiger partial charge on any atom is -0.511 e. The third-order valence-corrected chi connectivity index (χ3v) is 4.28. The molecule has 4 heteroatoms. The lowest BCUT2D eigenvalue weighted by molar-refractivity contribution is -0.135. The summed E-state index contributed by atoms with van der Waals surface area (Å²) in [6, 6.07) is 0. The summed E-state index contributed by atoms with van der Waals surface area (Å²) in [5.74, 6) is -1.19. The molecule has 0 spiro atoms. The summed E-state index contributed by atoms with van der Waals surface area (Å²) in [5.41, 5.74) is -0.140. The number of ether oxygens (including phenoxy) is 1. The Balaban J connectivity index is 1.97. The molecule has 4 nitrogen and oxygen atoms in total. The van der Waals surface area contributed by atoms with Gasteiger partial charge in [0.1, 0.15) is 11.3 Å². The molecule has 1 rings (SSSR count). The van der Waals surface area contributed by atoms with Crippen molar-refractivity contribution < 1.29 is 19.4 Å². The second kappa shape index (κ2) is 12.8. The maximum Gasteiger partial charge on any atom is 0.345 e. The number of hydrogen-bond acceptors (Lipinski definition) is 4. The van der Waals surface area contributed by atoms with Crippen molar-refractivity contribution in [3.8, 4) is 0 Å². The van der Waals surface area contributed by atoms with E-state index < -0.39 is 11.8 Å². The summed E-state index contributed by atoms with van der Waals surface area (Å²) in [4.78, 5) is 22.7. The first-order valence-corrected chi connectivity index (χ1v) is 9.44. The molecule has 0 amide bonds. The van der Waals surface area contributed by atoms with Gasteiger partial charge in [0, 0.05) is 6.42 Å². The van der Waals surface area contributed by atoms with Crippen LogP contribution in [-0.2, 0) is 14.3 Å². The van der Waals surface area contributed by atoms with Gasteiger partial charge in [-0.25, -0.2) is 4.79 Å². The molecule has 0 bridgehead atoms. The fourth-order valence-electron chi connectivity index (χ4n) is 2.80. The van der Waals surface area contributed by atoms with Crippen molar-refractivity contribution in [3.05, 3.63) is 23.5 Å². The number of rotatable bonds is 13. The summed E-state index contributed by atoms with van der Waals surface area (Å²) in [6.07, 6.45) is 17.9. The van der Waals surface area contributed by atoms with Crippen LogP contribution in [0.5, 0.6) is 0 Å². The number of aliphatic hydroxyl groups excluding tert-OH is 1. The maximum absolute atomic E-state index is 11.4. The van der Waals surface area contributed by atoms with Gasteiger partial charge in [-0.3, -0.25) is 4.79 Å². The van der Waals surface area contributed by atoms with Gasteiger partial charge in [-0.15, -0.1) is 0 Å². The number of cyclic esters (lactones) is 1. The van der Waals surface area contributed by atoms with Crippen molar-refractivity contribution in [1.82, 2.24) is 0 Å². The second-order valence-electron chi connectivity index (χ2n) is 6.45. The predicted octanol–water partition coefficient (Wildman–Crippen LogP) is 5.18. The molecule has 0 atom stereocenters. The lowest BCUT2D eigenvalue weighted by Gasteiger charge is -2.02. The van der Waals surface area contributed by atoms with E-state index in [1.54, 1.807) is 0 Å². The van der Waals surface area contributed by atoms with Crippen LogP contribution >= 0.6 is 0 Å². The van der Waals surface area contributed by atoms with Crippen molar-refractivity contribution in [3.63, 3.8) is 0 Å². The SMILES string of the molecule is CCCCCC/C=C\CCCCCCCC(O)=C1C(=O)COC1=O. The van der Waals surface area contributed by atoms with Crippen LogP contribution < -0.4 is 0 Å². The third kappa shape index (κ3) is 8.32. The van der Waals surface area contributed by atoms with Gasteiger partial charge in [0.15, 0.2) is 6.61 Å². The van der Waals surface area contributed by atoms with E-state index >= 15 is 0 Å². The van der Waals surface area contributed by atoms with E-state index in [1.807, 2.05) is 0 Å². The van der Waals surface area contributed by atoms with Crippen LogP contribution in [0.15, 0.2) is 23.5 Å². The van der Waals surface area contributed by atoms with Crippen LogP contribution in [0, 0.1) is 0 Å². The zero-order valence-electron chi connectivity index (χ0n) is 15.0. The first-order chi connectivity index (χ1) is 11.7. The van der Waals surface area contributed by atoms with Gasteiger partial charge in [0.25, 0.3) is 0 Å². The Morgan fingerprint density at radius 1 is 0.958 bits per heavy atom. The van der Waals surface area contributed by atoms with Crippen LogP contribution in [0.25, 0.3) is 0 Å². The van der Waals surface area contributed by atoms with Crippen LogP contribution in [-0.4, -0.2) is 23.5 Å². The lowest BCUT2D eigenvalue weighted by atomic mass is 10.1. The van der Waals surface area contributed by atoms with Crippen molar-refractivity contribution in [2.75, 3.05) is 6.61 Å². The van der Waals surface area contributed by atoms with Crippen LogP contribution in [0.3, 0.4) is 0 Å². The minimum atomic E-state index is -0.681. The van der Waals surface area contributed by atoms with Gasteiger partial charge in [-0.05, 0) is 32.1 Å². The van der Waals surface area contributed by atoms with Gasteiger partial charge in [-0.1, -0.05) is 57.6 Å². The highest BCUT2D eigenvalue weighted by atomic mass is 16.5. The van der Waals surface area contributed by atoms with Gasteiger partial charge in [-0.2, -0.15) is 0 Å². The number of carbonyl (C=O) groups excluding carboxylic acids is 2. The molecule has 136 valence electrons. The summed E-state index contributed by atoms with van der Waals surface area (Å²) >= 11 is 0. The molecule has 1 heterocycles. The van der Waals surface area contributed by atoms with E-state index in [4.69, 9.17) is 0 Å². The van der Waals surface area contributed by atoms with Gasteiger partial charge >= 0.3 is 5.97 Å². The third-order valence-electron chi connectivity index (χ3n) is 4.28. The fourth-order valence-corrected chi connectivity index (χ4v) is 2.80. The van der Waals surface area contributed by atoms with E-state index in [0.29, 0.717) is 6.42 Å². The average molecular weight is 336 g/mol. The predicted molar refractivity (Wildman–Crippen MR) is 95.8 cm³/mol. The fraction of sp³-hybridized carbons (Fsp3) is 0.700. The molecule has 24 heavy (non-hydrogen) atoms. The quantitative estimate of drug-likeness (QED) is 0.126. The Hall–Kier alpha value is -1.58. The van der Waals surface area contributed by atoms with Gasteiger partial charge in [0.05, 0.1) is 0 Å². The second-order valence-corrected chi connectivity index (χ2v) is 6.45. The Kier molecular flexibility index (Phi) is 10.9. The molecule has 0 unspecified atom stereocenters. The molecule has 0 radical (unpaired) electrons. The summed E-state index contributed by atoms with van der Waals surface area (Å²) in [5, 5.41) is 9.82. The first-order valence-electron chi connectivity index (χ1n) is 9.44. The van der Waals surface area contributed by atoms with Crippen LogP contribution in [0.4, 0.5) is 0 Å². The molecule has 1 saturated heterocycles. The monoisotopic (exact) mass is 336 g/mol. The van der Waals surface area contributed by atoms with Gasteiger partial charge in [0.2, 0.25) is 5.78 Å². The molecule has 0 aliphatic carbocycles. The van der Waals surface area contributed by atoms with E-state index in [1.165, 1.54) is 44.9 Å². The Bertz CT molecular complexity index is 431. The van der Waals surface area contributed by atoms with Crippen molar-refractivity contribution in [2.24, 2.45) is 0 Å². The molecule has 0 aromatic heterocycles. The van der Waals surface area contributed by atoms with E-state index in [2.05, 4.69) is 23.8 Å². The maximum atomic E-state index is 11.4. The molecule has 1 aliphatic heterocycles. The zero-order valence-corrected chi connectivity index (χ0v) is 15.0. The minimum absolute atomic E-state index is 0.103. The normalized spacial score (nSPS) is 16.9. The molecular formula is C20H32O4. The first kappa shape index (κ1) is 20.5. The Labute approximate surface area is 146 Å². The summed E-state index contributed by atoms with van der Waals surface area (Å²) < 4.78 is 4.60. The number of Topliss-reactive ketones (excluding diaryl/α,β-unsaturated/α-hetero) is 1.